The van der Waals surface area contributed by atoms with Gasteiger partial charge in [-0.25, -0.2) is 9.59 Å². The third-order valence-corrected chi connectivity index (χ3v) is 2.62. The Morgan fingerprint density at radius 1 is 1.16 bits per heavy atom. The van der Waals surface area contributed by atoms with Crippen molar-refractivity contribution in [3.05, 3.63) is 34.2 Å². The molecule has 0 spiro atoms. The van der Waals surface area contributed by atoms with Crippen molar-refractivity contribution in [2.75, 3.05) is 14.2 Å². The van der Waals surface area contributed by atoms with Gasteiger partial charge in [-0.3, -0.25) is 0 Å². The number of rotatable bonds is 5. The maximum Gasteiger partial charge on any atom is 0.417 e. The summed E-state index contributed by atoms with van der Waals surface area (Å²) in [6.45, 7) is 1.24. The summed E-state index contributed by atoms with van der Waals surface area (Å²) in [5.74, 6) is 0.929. The topological polar surface area (TPSA) is 75.0 Å². The quantitative estimate of drug-likeness (QED) is 0.759. The molecule has 0 bridgehead atoms. The van der Waals surface area contributed by atoms with E-state index in [0.29, 0.717) is 28.0 Å². The van der Waals surface area contributed by atoms with Crippen molar-refractivity contribution in [1.82, 2.24) is 0 Å². The van der Waals surface area contributed by atoms with Gasteiger partial charge >= 0.3 is 12.1 Å². The number of carbonyl (C=O) groups excluding carboxylic acids is 1. The van der Waals surface area contributed by atoms with Crippen molar-refractivity contribution in [2.45, 2.75) is 6.61 Å². The number of fused-ring (bicyclic) bond motifs is 1. The molecule has 0 aliphatic rings. The van der Waals surface area contributed by atoms with E-state index in [1.165, 1.54) is 26.8 Å². The van der Waals surface area contributed by atoms with Crippen molar-refractivity contribution < 1.29 is 23.4 Å². The van der Waals surface area contributed by atoms with Crippen molar-refractivity contribution in [3.8, 4) is 11.5 Å². The average molecular weight is 263 g/mol. The third kappa shape index (κ3) is 2.52. The van der Waals surface area contributed by atoms with Crippen LogP contribution < -0.4 is 15.1 Å². The highest BCUT2D eigenvalue weighted by atomic mass is 16.5. The molecule has 6 heteroatoms. The first-order valence-electron chi connectivity index (χ1n) is 5.37. The lowest BCUT2D eigenvalue weighted by Gasteiger charge is -2.10. The minimum absolute atomic E-state index is 0.0684. The Hall–Kier alpha value is -2.50. The molecule has 99 valence electrons. The lowest BCUT2D eigenvalue weighted by Crippen LogP contribution is -2.03. The summed E-state index contributed by atoms with van der Waals surface area (Å²) < 4.78 is 19.9. The summed E-state index contributed by atoms with van der Waals surface area (Å²) in [5.41, 5.74) is 0.300. The minimum Gasteiger partial charge on any atom is -0.493 e. The molecule has 19 heavy (non-hydrogen) atoms. The van der Waals surface area contributed by atoms with Crippen molar-refractivity contribution in [3.63, 3.8) is 0 Å². The van der Waals surface area contributed by atoms with E-state index in [9.17, 15) is 9.59 Å². The highest BCUT2D eigenvalue weighted by Crippen LogP contribution is 2.33. The van der Waals surface area contributed by atoms with E-state index in [2.05, 4.69) is 4.74 Å². The van der Waals surface area contributed by atoms with Gasteiger partial charge in [-0.2, -0.15) is 0 Å². The van der Waals surface area contributed by atoms with Crippen molar-refractivity contribution in [1.29, 1.82) is 0 Å². The first kappa shape index (κ1) is 12.9. The van der Waals surface area contributed by atoms with Gasteiger partial charge in [-0.15, -0.1) is 0 Å². The molecule has 6 nitrogen and oxygen atoms in total. The van der Waals surface area contributed by atoms with Crippen molar-refractivity contribution >= 4 is 17.4 Å². The predicted octanol–water partition coefficient (Wildman–Crippen LogP) is 1.39. The molecule has 2 aromatic rings. The summed E-state index contributed by atoms with van der Waals surface area (Å²) in [6.07, 6.45) is 0. The Labute approximate surface area is 108 Å². The number of ether oxygens (including phenoxy) is 3. The normalized spacial score (nSPS) is 10.2. The molecule has 0 N–H and O–H groups in total. The fourth-order valence-electron chi connectivity index (χ4n) is 1.78. The van der Waals surface area contributed by atoms with Crippen LogP contribution in [0, 0.1) is 0 Å². The Morgan fingerprint density at radius 2 is 1.84 bits per heavy atom. The first-order chi connectivity index (χ1) is 9.19. The van der Waals surface area contributed by atoms with Crippen LogP contribution in [0.15, 0.2) is 27.4 Å². The van der Waals surface area contributed by atoms with E-state index in [-0.39, 0.29) is 6.61 Å². The van der Waals surface area contributed by atoms with Gasteiger partial charge in [0.2, 0.25) is 0 Å². The van der Waals surface area contributed by atoms with Crippen LogP contribution in [0.4, 0.5) is 0 Å². The number of benzene rings is 1. The van der Waals surface area contributed by atoms with Gasteiger partial charge in [0.15, 0.2) is 11.5 Å². The van der Waals surface area contributed by atoms with E-state index in [4.69, 9.17) is 13.9 Å². The van der Waals surface area contributed by atoms with E-state index < -0.39 is 5.63 Å². The third-order valence-electron chi connectivity index (χ3n) is 2.62. The Balaban J connectivity index is 2.68. The minimum atomic E-state index is -0.538. The van der Waals surface area contributed by atoms with E-state index in [1.807, 2.05) is 0 Å². The summed E-state index contributed by atoms with van der Waals surface area (Å²) in [6, 6.07) is 4.45. The van der Waals surface area contributed by atoms with E-state index in [0.717, 1.165) is 0 Å². The van der Waals surface area contributed by atoms with Crippen LogP contribution in [0.1, 0.15) is 5.56 Å². The van der Waals surface area contributed by atoms with Gasteiger partial charge in [-0.05, 0) is 6.07 Å². The Morgan fingerprint density at radius 3 is 2.47 bits per heavy atom. The molecule has 0 aliphatic carbocycles. The van der Waals surface area contributed by atoms with Gasteiger partial charge in [0.1, 0.15) is 12.2 Å². The summed E-state index contributed by atoms with van der Waals surface area (Å²) in [4.78, 5) is 21.6. The fourth-order valence-corrected chi connectivity index (χ4v) is 1.78. The van der Waals surface area contributed by atoms with Gasteiger partial charge in [0, 0.05) is 23.1 Å². The van der Waals surface area contributed by atoms with Crippen LogP contribution in [0.2, 0.25) is 0 Å². The second-order valence-corrected chi connectivity index (χ2v) is 3.67. The number of methoxy groups -OCH3 is 2. The molecular weight excluding hydrogens is 252 g/mol. The molecule has 0 unspecified atom stereocenters. The Bertz CT molecular complexity index is 658. The molecule has 1 radical (unpaired) electrons. The molecule has 0 aliphatic heterocycles. The van der Waals surface area contributed by atoms with Gasteiger partial charge < -0.3 is 18.6 Å². The predicted molar refractivity (Wildman–Crippen MR) is 66.1 cm³/mol. The molecule has 0 saturated carbocycles. The highest BCUT2D eigenvalue weighted by molar-refractivity contribution is 5.84. The lowest BCUT2D eigenvalue weighted by molar-refractivity contribution is 0.267. The summed E-state index contributed by atoms with van der Waals surface area (Å²) in [5, 5.41) is 0.604. The molecule has 1 aromatic heterocycles. The van der Waals surface area contributed by atoms with Gasteiger partial charge in [-0.1, -0.05) is 0 Å². The maximum atomic E-state index is 11.4. The van der Waals surface area contributed by atoms with Gasteiger partial charge in [0.05, 0.1) is 14.2 Å². The smallest absolute Gasteiger partial charge is 0.417 e. The molecular formula is C13H11O6. The second kappa shape index (κ2) is 5.43. The summed E-state index contributed by atoms with van der Waals surface area (Å²) in [7, 11) is 2.98. The molecule has 1 heterocycles. The largest absolute Gasteiger partial charge is 0.493 e. The highest BCUT2D eigenvalue weighted by Gasteiger charge is 2.12. The zero-order chi connectivity index (χ0) is 13.8. The van der Waals surface area contributed by atoms with Crippen LogP contribution in [0.5, 0.6) is 11.5 Å². The summed E-state index contributed by atoms with van der Waals surface area (Å²) >= 11 is 0. The first-order valence-corrected chi connectivity index (χ1v) is 5.37. The Kier molecular flexibility index (Phi) is 3.70. The zero-order valence-corrected chi connectivity index (χ0v) is 10.4. The SMILES string of the molecule is COc1cc2oc(=O)cc(CO[C]=O)c2cc1OC. The lowest BCUT2D eigenvalue weighted by atomic mass is 10.1. The monoisotopic (exact) mass is 263 g/mol. The van der Waals surface area contributed by atoms with Crippen LogP contribution in [0.3, 0.4) is 0 Å². The van der Waals surface area contributed by atoms with Crippen LogP contribution in [0.25, 0.3) is 11.0 Å². The molecule has 0 atom stereocenters. The number of hydrogen-bond donors (Lipinski definition) is 0. The zero-order valence-electron chi connectivity index (χ0n) is 10.4. The van der Waals surface area contributed by atoms with E-state index in [1.54, 1.807) is 12.1 Å². The second-order valence-electron chi connectivity index (χ2n) is 3.67. The molecule has 0 saturated heterocycles. The fraction of sp³-hybridized carbons (Fsp3) is 0.231. The van der Waals surface area contributed by atoms with Crippen LogP contribution in [-0.4, -0.2) is 20.7 Å². The van der Waals surface area contributed by atoms with Crippen LogP contribution in [-0.2, 0) is 16.1 Å². The molecule has 1 aromatic carbocycles. The number of hydrogen-bond acceptors (Lipinski definition) is 6. The molecule has 0 fully saturated rings. The molecule has 2 rings (SSSR count). The van der Waals surface area contributed by atoms with Crippen molar-refractivity contribution in [2.24, 2.45) is 0 Å². The average Bonchev–Trinajstić information content (AvgIpc) is 2.43. The van der Waals surface area contributed by atoms with Crippen LogP contribution >= 0.6 is 0 Å². The van der Waals surface area contributed by atoms with E-state index >= 15 is 0 Å². The maximum absolute atomic E-state index is 11.4. The van der Waals surface area contributed by atoms with Gasteiger partial charge in [0.25, 0.3) is 0 Å². The molecule has 0 amide bonds. The standard InChI is InChI=1S/C13H11O6/c1-16-11-4-9-8(6-18-7-14)3-13(15)19-10(9)5-12(11)17-2/h3-5H,6H2,1-2H3.